The molecular weight excluding hydrogens is 457 g/mol. The Bertz CT molecular complexity index is 1050. The molecule has 1 fully saturated rings. The molecule has 1 N–H and O–H groups in total. The summed E-state index contributed by atoms with van der Waals surface area (Å²) in [6, 6.07) is 10.2. The maximum atomic E-state index is 13.0. The number of hydrogen-bond acceptors (Lipinski definition) is 4. The molecule has 1 aliphatic rings. The van der Waals surface area contributed by atoms with Gasteiger partial charge in [-0.2, -0.15) is 0 Å². The van der Waals surface area contributed by atoms with Crippen LogP contribution in [0.4, 0.5) is 5.69 Å². The summed E-state index contributed by atoms with van der Waals surface area (Å²) in [6.45, 7) is 3.87. The summed E-state index contributed by atoms with van der Waals surface area (Å²) in [7, 11) is -0.617. The zero-order chi connectivity index (χ0) is 22.8. The van der Waals surface area contributed by atoms with Gasteiger partial charge in [0.25, 0.3) is 0 Å². The molecule has 9 heteroatoms. The van der Waals surface area contributed by atoms with Crippen molar-refractivity contribution in [1.82, 2.24) is 9.21 Å². The van der Waals surface area contributed by atoms with Gasteiger partial charge >= 0.3 is 0 Å². The van der Waals surface area contributed by atoms with Crippen LogP contribution in [0.3, 0.4) is 0 Å². The highest BCUT2D eigenvalue weighted by Gasteiger charge is 2.27. The summed E-state index contributed by atoms with van der Waals surface area (Å²) in [6.07, 6.45) is 1.65. The molecule has 0 saturated carbocycles. The molecule has 1 unspecified atom stereocenters. The Hall–Kier alpha value is -1.64. The molecule has 0 bridgehead atoms. The fraction of sp³-hybridized carbons (Fsp3) is 0.409. The Kier molecular flexibility index (Phi) is 7.65. The Labute approximate surface area is 194 Å². The minimum absolute atomic E-state index is 0.113. The van der Waals surface area contributed by atoms with Crippen LogP contribution in [-0.2, 0) is 21.4 Å². The molecule has 1 atom stereocenters. The van der Waals surface area contributed by atoms with Crippen LogP contribution < -0.4 is 5.32 Å². The fourth-order valence-corrected chi connectivity index (χ4v) is 5.11. The first-order valence-electron chi connectivity index (χ1n) is 10.1. The third-order valence-corrected chi connectivity index (χ3v) is 8.08. The molecule has 3 rings (SSSR count). The molecule has 0 aliphatic carbocycles. The maximum Gasteiger partial charge on any atom is 0.242 e. The molecule has 0 aromatic heterocycles. The van der Waals surface area contributed by atoms with E-state index in [4.69, 9.17) is 23.2 Å². The molecule has 2 aromatic rings. The summed E-state index contributed by atoms with van der Waals surface area (Å²) in [4.78, 5) is 15.3. The number of amides is 1. The van der Waals surface area contributed by atoms with E-state index in [1.54, 1.807) is 12.1 Å². The molecule has 1 amide bonds. The molecule has 0 spiro atoms. The van der Waals surface area contributed by atoms with Gasteiger partial charge in [0.05, 0.1) is 10.8 Å². The maximum absolute atomic E-state index is 13.0. The standard InChI is InChI=1S/C22H27Cl2N3O3S/c1-15-9-10-17(31(29,30)26(2)3)12-21(15)25-22(28)16-6-5-11-27(13-16)14-18-19(23)7-4-8-20(18)24/h4,7-10,12,16H,5-6,11,13-14H2,1-3H3,(H,25,28). The number of benzene rings is 2. The van der Waals surface area contributed by atoms with E-state index in [2.05, 4.69) is 10.2 Å². The first-order chi connectivity index (χ1) is 14.6. The summed E-state index contributed by atoms with van der Waals surface area (Å²) in [5.74, 6) is -0.319. The number of likely N-dealkylation sites (tertiary alicyclic amines) is 1. The molecule has 1 heterocycles. The van der Waals surface area contributed by atoms with E-state index in [1.165, 1.54) is 20.2 Å². The Morgan fingerprint density at radius 3 is 2.52 bits per heavy atom. The van der Waals surface area contributed by atoms with Gasteiger partial charge in [-0.3, -0.25) is 9.69 Å². The zero-order valence-electron chi connectivity index (χ0n) is 17.9. The van der Waals surface area contributed by atoms with Crippen molar-refractivity contribution >= 4 is 44.8 Å². The number of carbonyl (C=O) groups is 1. The quantitative estimate of drug-likeness (QED) is 0.660. The van der Waals surface area contributed by atoms with Gasteiger partial charge in [-0.25, -0.2) is 12.7 Å². The SMILES string of the molecule is Cc1ccc(S(=O)(=O)N(C)C)cc1NC(=O)C1CCCN(Cc2c(Cl)cccc2Cl)C1. The number of aryl methyl sites for hydroxylation is 1. The van der Waals surface area contributed by atoms with Gasteiger partial charge in [-0.15, -0.1) is 0 Å². The van der Waals surface area contributed by atoms with Crippen LogP contribution in [0.5, 0.6) is 0 Å². The molecule has 31 heavy (non-hydrogen) atoms. The van der Waals surface area contributed by atoms with Gasteiger partial charge in [0.15, 0.2) is 0 Å². The van der Waals surface area contributed by atoms with Gasteiger partial charge < -0.3 is 5.32 Å². The van der Waals surface area contributed by atoms with Crippen LogP contribution in [0, 0.1) is 12.8 Å². The number of rotatable bonds is 6. The van der Waals surface area contributed by atoms with Crippen molar-refractivity contribution in [3.63, 3.8) is 0 Å². The molecule has 168 valence electrons. The van der Waals surface area contributed by atoms with E-state index in [0.717, 1.165) is 34.8 Å². The second-order valence-corrected chi connectivity index (χ2v) is 11.0. The monoisotopic (exact) mass is 483 g/mol. The Morgan fingerprint density at radius 1 is 1.19 bits per heavy atom. The molecule has 6 nitrogen and oxygen atoms in total. The number of sulfonamides is 1. The molecule has 2 aromatic carbocycles. The van der Waals surface area contributed by atoms with Crippen molar-refractivity contribution in [2.45, 2.75) is 31.2 Å². The van der Waals surface area contributed by atoms with Crippen LogP contribution >= 0.6 is 23.2 Å². The van der Waals surface area contributed by atoms with Crippen LogP contribution in [0.2, 0.25) is 10.0 Å². The predicted molar refractivity (Wildman–Crippen MR) is 125 cm³/mol. The Balaban J connectivity index is 1.72. The smallest absolute Gasteiger partial charge is 0.242 e. The Morgan fingerprint density at radius 2 is 1.87 bits per heavy atom. The van der Waals surface area contributed by atoms with Gasteiger partial charge in [0.2, 0.25) is 15.9 Å². The van der Waals surface area contributed by atoms with Crippen molar-refractivity contribution < 1.29 is 13.2 Å². The van der Waals surface area contributed by atoms with E-state index in [0.29, 0.717) is 28.8 Å². The first kappa shape index (κ1) is 24.0. The van der Waals surface area contributed by atoms with E-state index < -0.39 is 10.0 Å². The number of nitrogens with one attached hydrogen (secondary N) is 1. The van der Waals surface area contributed by atoms with Gasteiger partial charge in [0, 0.05) is 48.5 Å². The molecule has 1 saturated heterocycles. The zero-order valence-corrected chi connectivity index (χ0v) is 20.2. The topological polar surface area (TPSA) is 69.7 Å². The van der Waals surface area contributed by atoms with Crippen LogP contribution in [0.15, 0.2) is 41.3 Å². The van der Waals surface area contributed by atoms with Gasteiger partial charge in [-0.05, 0) is 56.1 Å². The van der Waals surface area contributed by atoms with Gasteiger partial charge in [-0.1, -0.05) is 35.3 Å². The number of halogens is 2. The summed E-state index contributed by atoms with van der Waals surface area (Å²) >= 11 is 12.6. The van der Waals surface area contributed by atoms with E-state index in [9.17, 15) is 13.2 Å². The minimum atomic E-state index is -3.58. The normalized spacial score (nSPS) is 17.7. The second-order valence-electron chi connectivity index (χ2n) is 8.03. The van der Waals surface area contributed by atoms with Crippen LogP contribution in [0.25, 0.3) is 0 Å². The third kappa shape index (κ3) is 5.59. The second kappa shape index (κ2) is 9.88. The summed E-state index contributed by atoms with van der Waals surface area (Å²) in [5, 5.41) is 4.18. The van der Waals surface area contributed by atoms with Crippen molar-refractivity contribution in [2.24, 2.45) is 5.92 Å². The minimum Gasteiger partial charge on any atom is -0.326 e. The average Bonchev–Trinajstić information content (AvgIpc) is 2.72. The number of piperidine rings is 1. The first-order valence-corrected chi connectivity index (χ1v) is 12.3. The van der Waals surface area contributed by atoms with Gasteiger partial charge in [0.1, 0.15) is 0 Å². The number of carbonyl (C=O) groups excluding carboxylic acids is 1. The largest absolute Gasteiger partial charge is 0.326 e. The predicted octanol–water partition coefficient (Wildman–Crippen LogP) is 4.40. The van der Waals surface area contributed by atoms with Crippen molar-refractivity contribution in [1.29, 1.82) is 0 Å². The number of anilines is 1. The number of hydrogen-bond donors (Lipinski definition) is 1. The van der Waals surface area contributed by atoms with Crippen molar-refractivity contribution in [3.05, 3.63) is 57.6 Å². The fourth-order valence-electron chi connectivity index (χ4n) is 3.66. The molecular formula is C22H27Cl2N3O3S. The lowest BCUT2D eigenvalue weighted by Gasteiger charge is -2.32. The molecule has 0 radical (unpaired) electrons. The lowest BCUT2D eigenvalue weighted by atomic mass is 9.96. The highest BCUT2D eigenvalue weighted by molar-refractivity contribution is 7.89. The highest BCUT2D eigenvalue weighted by atomic mass is 35.5. The summed E-state index contributed by atoms with van der Waals surface area (Å²) in [5.41, 5.74) is 2.19. The number of nitrogens with zero attached hydrogens (tertiary/aromatic N) is 2. The molecule has 1 aliphatic heterocycles. The van der Waals surface area contributed by atoms with E-state index in [-0.39, 0.29) is 16.7 Å². The van der Waals surface area contributed by atoms with Crippen molar-refractivity contribution in [2.75, 3.05) is 32.5 Å². The van der Waals surface area contributed by atoms with Crippen LogP contribution in [0.1, 0.15) is 24.0 Å². The lowest BCUT2D eigenvalue weighted by Crippen LogP contribution is -2.40. The van der Waals surface area contributed by atoms with E-state index in [1.807, 2.05) is 25.1 Å². The summed E-state index contributed by atoms with van der Waals surface area (Å²) < 4.78 is 26.0. The average molecular weight is 484 g/mol. The van der Waals surface area contributed by atoms with E-state index >= 15 is 0 Å². The van der Waals surface area contributed by atoms with Crippen molar-refractivity contribution in [3.8, 4) is 0 Å². The van der Waals surface area contributed by atoms with Crippen LogP contribution in [-0.4, -0.2) is 50.7 Å². The highest BCUT2D eigenvalue weighted by Crippen LogP contribution is 2.29. The lowest BCUT2D eigenvalue weighted by molar-refractivity contribution is -0.121. The third-order valence-electron chi connectivity index (χ3n) is 5.57.